The maximum Gasteiger partial charge on any atom is 0.328 e. The minimum absolute atomic E-state index is 0.0274. The van der Waals surface area contributed by atoms with E-state index in [0.29, 0.717) is 30.7 Å². The third kappa shape index (κ3) is 5.11. The molecule has 0 atom stereocenters. The molecule has 128 valence electrons. The fourth-order valence-corrected chi connectivity index (χ4v) is 2.00. The Morgan fingerprint density at radius 3 is 2.32 bits per heavy atom. The SMILES string of the molecule is OCCNc1nc(NCc2ccncc2)nc(Oc2ccccc2)n1. The van der Waals surface area contributed by atoms with Gasteiger partial charge in [0.2, 0.25) is 11.9 Å². The summed E-state index contributed by atoms with van der Waals surface area (Å²) in [7, 11) is 0. The summed E-state index contributed by atoms with van der Waals surface area (Å²) >= 11 is 0. The zero-order valence-corrected chi connectivity index (χ0v) is 13.5. The Morgan fingerprint density at radius 1 is 0.880 bits per heavy atom. The Labute approximate surface area is 145 Å². The number of nitrogens with zero attached hydrogens (tertiary/aromatic N) is 4. The Bertz CT molecular complexity index is 786. The van der Waals surface area contributed by atoms with Crippen LogP contribution < -0.4 is 15.4 Å². The van der Waals surface area contributed by atoms with E-state index in [9.17, 15) is 0 Å². The third-order valence-electron chi connectivity index (χ3n) is 3.16. The number of pyridine rings is 1. The van der Waals surface area contributed by atoms with Crippen molar-refractivity contribution in [3.8, 4) is 11.8 Å². The second-order valence-corrected chi connectivity index (χ2v) is 5.04. The lowest BCUT2D eigenvalue weighted by Crippen LogP contribution is -2.12. The Morgan fingerprint density at radius 2 is 1.60 bits per heavy atom. The van der Waals surface area contributed by atoms with Crippen molar-refractivity contribution in [1.29, 1.82) is 0 Å². The number of hydrogen-bond acceptors (Lipinski definition) is 8. The van der Waals surface area contributed by atoms with E-state index in [1.54, 1.807) is 12.4 Å². The Hall–Kier alpha value is -3.26. The largest absolute Gasteiger partial charge is 0.424 e. The van der Waals surface area contributed by atoms with Crippen molar-refractivity contribution >= 4 is 11.9 Å². The lowest BCUT2D eigenvalue weighted by atomic mass is 10.3. The van der Waals surface area contributed by atoms with Gasteiger partial charge in [-0.3, -0.25) is 4.98 Å². The van der Waals surface area contributed by atoms with Gasteiger partial charge in [0.25, 0.3) is 0 Å². The number of ether oxygens (including phenoxy) is 1. The predicted molar refractivity (Wildman–Crippen MR) is 93.5 cm³/mol. The molecule has 0 unspecified atom stereocenters. The topological polar surface area (TPSA) is 105 Å². The van der Waals surface area contributed by atoms with Gasteiger partial charge in [-0.05, 0) is 29.8 Å². The maximum atomic E-state index is 8.97. The number of nitrogens with one attached hydrogen (secondary N) is 2. The standard InChI is InChI=1S/C17H18N6O2/c24-11-10-19-15-21-16(20-12-13-6-8-18-9-7-13)23-17(22-15)25-14-4-2-1-3-5-14/h1-9,24H,10-12H2,(H2,19,20,21,22,23). The van der Waals surface area contributed by atoms with Gasteiger partial charge in [-0.2, -0.15) is 15.0 Å². The van der Waals surface area contributed by atoms with Gasteiger partial charge >= 0.3 is 6.01 Å². The molecule has 0 radical (unpaired) electrons. The van der Waals surface area contributed by atoms with Crippen LogP contribution in [0.25, 0.3) is 0 Å². The van der Waals surface area contributed by atoms with Crippen LogP contribution in [0.2, 0.25) is 0 Å². The summed E-state index contributed by atoms with van der Waals surface area (Å²) in [6, 6.07) is 13.2. The predicted octanol–water partition coefficient (Wildman–Crippen LogP) is 2.08. The van der Waals surface area contributed by atoms with Crippen molar-refractivity contribution in [2.24, 2.45) is 0 Å². The van der Waals surface area contributed by atoms with Crippen LogP contribution in [0.4, 0.5) is 11.9 Å². The number of aliphatic hydroxyl groups excluding tert-OH is 1. The molecular formula is C17H18N6O2. The highest BCUT2D eigenvalue weighted by atomic mass is 16.5. The van der Waals surface area contributed by atoms with Crippen LogP contribution in [-0.4, -0.2) is 38.2 Å². The summed E-state index contributed by atoms with van der Waals surface area (Å²) in [6.45, 7) is 0.843. The molecule has 0 aliphatic rings. The zero-order valence-electron chi connectivity index (χ0n) is 13.5. The quantitative estimate of drug-likeness (QED) is 0.573. The summed E-state index contributed by atoms with van der Waals surface area (Å²) in [5.74, 6) is 1.33. The average Bonchev–Trinajstić information content (AvgIpc) is 2.66. The first kappa shape index (κ1) is 16.6. The first-order chi connectivity index (χ1) is 12.3. The number of rotatable bonds is 8. The number of benzene rings is 1. The smallest absolute Gasteiger partial charge is 0.328 e. The molecule has 2 heterocycles. The molecule has 0 saturated carbocycles. The first-order valence-electron chi connectivity index (χ1n) is 7.80. The third-order valence-corrected chi connectivity index (χ3v) is 3.16. The van der Waals surface area contributed by atoms with E-state index in [4.69, 9.17) is 9.84 Å². The van der Waals surface area contributed by atoms with Gasteiger partial charge in [0.15, 0.2) is 0 Å². The van der Waals surface area contributed by atoms with Crippen molar-refractivity contribution in [3.63, 3.8) is 0 Å². The lowest BCUT2D eigenvalue weighted by Gasteiger charge is -2.10. The molecule has 8 heteroatoms. The summed E-state index contributed by atoms with van der Waals surface area (Å²) in [5, 5.41) is 15.0. The summed E-state index contributed by atoms with van der Waals surface area (Å²) in [5.41, 5.74) is 1.05. The van der Waals surface area contributed by atoms with Crippen molar-refractivity contribution in [2.75, 3.05) is 23.8 Å². The normalized spacial score (nSPS) is 10.3. The molecule has 0 amide bonds. The second-order valence-electron chi connectivity index (χ2n) is 5.04. The van der Waals surface area contributed by atoms with E-state index in [1.165, 1.54) is 0 Å². The van der Waals surface area contributed by atoms with Crippen LogP contribution in [0.3, 0.4) is 0 Å². The molecule has 0 saturated heterocycles. The molecule has 3 rings (SSSR count). The Balaban J connectivity index is 1.77. The number of aliphatic hydroxyl groups is 1. The van der Waals surface area contributed by atoms with Gasteiger partial charge in [-0.25, -0.2) is 0 Å². The summed E-state index contributed by atoms with van der Waals surface area (Å²) in [4.78, 5) is 16.7. The number of para-hydroxylation sites is 1. The van der Waals surface area contributed by atoms with Crippen LogP contribution in [0.15, 0.2) is 54.9 Å². The molecule has 0 fully saturated rings. The molecule has 0 bridgehead atoms. The van der Waals surface area contributed by atoms with E-state index < -0.39 is 0 Å². The van der Waals surface area contributed by atoms with Gasteiger partial charge < -0.3 is 20.5 Å². The number of anilines is 2. The fourth-order valence-electron chi connectivity index (χ4n) is 2.00. The molecular weight excluding hydrogens is 320 g/mol. The van der Waals surface area contributed by atoms with Gasteiger partial charge in [-0.1, -0.05) is 18.2 Å². The molecule has 3 N–H and O–H groups in total. The fraction of sp³-hybridized carbons (Fsp3) is 0.176. The summed E-state index contributed by atoms with van der Waals surface area (Å²) < 4.78 is 5.68. The monoisotopic (exact) mass is 338 g/mol. The van der Waals surface area contributed by atoms with E-state index in [-0.39, 0.29) is 12.6 Å². The minimum atomic E-state index is -0.0274. The lowest BCUT2D eigenvalue weighted by molar-refractivity contribution is 0.310. The van der Waals surface area contributed by atoms with Crippen LogP contribution >= 0.6 is 0 Å². The highest BCUT2D eigenvalue weighted by Gasteiger charge is 2.08. The van der Waals surface area contributed by atoms with Crippen molar-refractivity contribution in [1.82, 2.24) is 19.9 Å². The molecule has 0 aliphatic heterocycles. The van der Waals surface area contributed by atoms with E-state index in [0.717, 1.165) is 5.56 Å². The van der Waals surface area contributed by atoms with Gasteiger partial charge in [0.05, 0.1) is 6.61 Å². The second kappa shape index (κ2) is 8.55. The molecule has 25 heavy (non-hydrogen) atoms. The van der Waals surface area contributed by atoms with Crippen molar-refractivity contribution in [3.05, 3.63) is 60.4 Å². The van der Waals surface area contributed by atoms with Crippen molar-refractivity contribution in [2.45, 2.75) is 6.54 Å². The van der Waals surface area contributed by atoms with Gasteiger partial charge in [0.1, 0.15) is 5.75 Å². The summed E-state index contributed by atoms with van der Waals surface area (Å²) in [6.07, 6.45) is 3.45. The highest BCUT2D eigenvalue weighted by Crippen LogP contribution is 2.19. The molecule has 0 aliphatic carbocycles. The number of aromatic nitrogens is 4. The molecule has 8 nitrogen and oxygen atoms in total. The van der Waals surface area contributed by atoms with Crippen LogP contribution in [-0.2, 0) is 6.54 Å². The average molecular weight is 338 g/mol. The van der Waals surface area contributed by atoms with Crippen LogP contribution in [0.5, 0.6) is 11.8 Å². The Kier molecular flexibility index (Phi) is 5.68. The molecule has 1 aromatic carbocycles. The highest BCUT2D eigenvalue weighted by molar-refractivity contribution is 5.37. The maximum absolute atomic E-state index is 8.97. The van der Waals surface area contributed by atoms with Crippen molar-refractivity contribution < 1.29 is 9.84 Å². The van der Waals surface area contributed by atoms with Gasteiger partial charge in [-0.15, -0.1) is 0 Å². The molecule has 0 spiro atoms. The number of hydrogen-bond donors (Lipinski definition) is 3. The van der Waals surface area contributed by atoms with Gasteiger partial charge in [0, 0.05) is 25.5 Å². The van der Waals surface area contributed by atoms with E-state index in [1.807, 2.05) is 42.5 Å². The molecule has 2 aromatic heterocycles. The van der Waals surface area contributed by atoms with E-state index in [2.05, 4.69) is 30.6 Å². The minimum Gasteiger partial charge on any atom is -0.424 e. The van der Waals surface area contributed by atoms with Crippen LogP contribution in [0, 0.1) is 0 Å². The molecule has 3 aromatic rings. The van der Waals surface area contributed by atoms with Crippen LogP contribution in [0.1, 0.15) is 5.56 Å². The first-order valence-corrected chi connectivity index (χ1v) is 7.80. The van der Waals surface area contributed by atoms with E-state index >= 15 is 0 Å². The zero-order chi connectivity index (χ0) is 17.3.